The minimum absolute atomic E-state index is 0.0152. The van der Waals surface area contributed by atoms with Crippen molar-refractivity contribution in [2.75, 3.05) is 7.11 Å². The maximum absolute atomic E-state index is 12.8. The summed E-state index contributed by atoms with van der Waals surface area (Å²) < 4.78 is 10.1. The van der Waals surface area contributed by atoms with Crippen LogP contribution < -0.4 is 5.43 Å². The van der Waals surface area contributed by atoms with E-state index in [2.05, 4.69) is 4.74 Å². The summed E-state index contributed by atoms with van der Waals surface area (Å²) in [6.07, 6.45) is -1.44. The van der Waals surface area contributed by atoms with Gasteiger partial charge in [0.05, 0.1) is 25.4 Å². The Morgan fingerprint density at radius 3 is 2.79 bits per heavy atom. The lowest BCUT2D eigenvalue weighted by atomic mass is 9.79. The second kappa shape index (κ2) is 5.59. The quantitative estimate of drug-likeness (QED) is 0.547. The first kappa shape index (κ1) is 16.4. The number of esters is 1. The van der Waals surface area contributed by atoms with Crippen LogP contribution in [0.15, 0.2) is 21.3 Å². The average Bonchev–Trinajstić information content (AvgIpc) is 2.56. The molecule has 0 fully saturated rings. The summed E-state index contributed by atoms with van der Waals surface area (Å²) >= 11 is 0. The van der Waals surface area contributed by atoms with E-state index < -0.39 is 34.4 Å². The van der Waals surface area contributed by atoms with Gasteiger partial charge in [-0.15, -0.1) is 0 Å². The van der Waals surface area contributed by atoms with E-state index >= 15 is 0 Å². The van der Waals surface area contributed by atoms with Gasteiger partial charge >= 0.3 is 5.97 Å². The molecule has 1 aliphatic rings. The van der Waals surface area contributed by atoms with Gasteiger partial charge in [0.2, 0.25) is 11.0 Å². The van der Waals surface area contributed by atoms with Crippen molar-refractivity contribution in [2.45, 2.75) is 31.2 Å². The molecule has 2 aromatic rings. The Kier molecular flexibility index (Phi) is 3.83. The van der Waals surface area contributed by atoms with Crippen LogP contribution in [0.3, 0.4) is 0 Å². The lowest BCUT2D eigenvalue weighted by Crippen LogP contribution is -2.53. The van der Waals surface area contributed by atoms with Gasteiger partial charge in [-0.05, 0) is 24.1 Å². The van der Waals surface area contributed by atoms with Gasteiger partial charge in [-0.1, -0.05) is 0 Å². The van der Waals surface area contributed by atoms with Crippen LogP contribution in [0, 0.1) is 0 Å². The molecular weight excluding hydrogens is 320 g/mol. The van der Waals surface area contributed by atoms with Gasteiger partial charge in [-0.2, -0.15) is 0 Å². The van der Waals surface area contributed by atoms with Crippen LogP contribution in [0.25, 0.3) is 11.0 Å². The highest BCUT2D eigenvalue weighted by atomic mass is 16.5. The number of fused-ring (bicyclic) bond motifs is 2. The summed E-state index contributed by atoms with van der Waals surface area (Å²) in [4.78, 5) is 24.8. The third-order valence-electron chi connectivity index (χ3n) is 4.29. The van der Waals surface area contributed by atoms with Gasteiger partial charge in [-0.3, -0.25) is 4.79 Å². The van der Waals surface area contributed by atoms with Crippen molar-refractivity contribution in [1.82, 2.24) is 0 Å². The molecule has 1 aromatic carbocycles. The third-order valence-corrected chi connectivity index (χ3v) is 4.29. The van der Waals surface area contributed by atoms with Crippen LogP contribution in [-0.4, -0.2) is 39.6 Å². The van der Waals surface area contributed by atoms with Crippen LogP contribution in [0.1, 0.15) is 23.3 Å². The highest BCUT2D eigenvalue weighted by molar-refractivity contribution is 5.88. The van der Waals surface area contributed by atoms with Gasteiger partial charge in [0.15, 0.2) is 0 Å². The standard InChI is InChI=1S/C16H16O8/c1-23-15(21)16(22)11(19)3-2-9-13(16)14(20)12-8(18)4-7(6-17)5-10(12)24-9/h4-5,11,17-19,22H,2-3,6H2,1H3/t11-,16+/m1/s1. The van der Waals surface area contributed by atoms with E-state index in [-0.39, 0.29) is 36.2 Å². The number of aryl methyl sites for hydroxylation is 1. The molecule has 8 nitrogen and oxygen atoms in total. The SMILES string of the molecule is COC(=O)[C@@]1(O)c2c(oc3cc(CO)cc(O)c3c2=O)CC[C@H]1O. The van der Waals surface area contributed by atoms with Crippen LogP contribution in [0.4, 0.5) is 0 Å². The fourth-order valence-electron chi connectivity index (χ4n) is 3.09. The number of aliphatic hydroxyl groups is 3. The summed E-state index contributed by atoms with van der Waals surface area (Å²) in [5.41, 5.74) is -3.49. The van der Waals surface area contributed by atoms with Gasteiger partial charge in [0.25, 0.3) is 0 Å². The van der Waals surface area contributed by atoms with Crippen molar-refractivity contribution in [3.8, 4) is 5.75 Å². The molecule has 2 atom stereocenters. The predicted molar refractivity (Wildman–Crippen MR) is 80.3 cm³/mol. The Morgan fingerprint density at radius 1 is 1.46 bits per heavy atom. The summed E-state index contributed by atoms with van der Waals surface area (Å²) in [5.74, 6) is -1.62. The van der Waals surface area contributed by atoms with Gasteiger partial charge in [-0.25, -0.2) is 4.79 Å². The summed E-state index contributed by atoms with van der Waals surface area (Å²) in [5, 5.41) is 39.8. The predicted octanol–water partition coefficient (Wildman–Crippen LogP) is -0.341. The zero-order valence-electron chi connectivity index (χ0n) is 12.8. The molecule has 1 heterocycles. The topological polar surface area (TPSA) is 137 Å². The normalized spacial score (nSPS) is 23.1. The number of aromatic hydroxyl groups is 1. The second-order valence-electron chi connectivity index (χ2n) is 5.69. The number of aliphatic hydroxyl groups excluding tert-OH is 2. The van der Waals surface area contributed by atoms with Crippen LogP contribution >= 0.6 is 0 Å². The number of hydrogen-bond donors (Lipinski definition) is 4. The molecule has 0 spiro atoms. The molecule has 24 heavy (non-hydrogen) atoms. The summed E-state index contributed by atoms with van der Waals surface area (Å²) in [6.45, 7) is -0.366. The lowest BCUT2D eigenvalue weighted by Gasteiger charge is -2.34. The van der Waals surface area contributed by atoms with Crippen molar-refractivity contribution in [3.63, 3.8) is 0 Å². The third kappa shape index (κ3) is 2.11. The number of carbonyl (C=O) groups is 1. The van der Waals surface area contributed by atoms with E-state index in [9.17, 15) is 30.0 Å². The lowest BCUT2D eigenvalue weighted by molar-refractivity contribution is -0.180. The van der Waals surface area contributed by atoms with E-state index in [0.29, 0.717) is 5.56 Å². The molecule has 1 aliphatic carbocycles. The summed E-state index contributed by atoms with van der Waals surface area (Å²) in [7, 11) is 1.02. The molecule has 4 N–H and O–H groups in total. The number of benzene rings is 1. The van der Waals surface area contributed by atoms with Crippen molar-refractivity contribution in [3.05, 3.63) is 39.2 Å². The van der Waals surface area contributed by atoms with Crippen LogP contribution in [0.5, 0.6) is 5.75 Å². The number of ether oxygens (including phenoxy) is 1. The maximum atomic E-state index is 12.8. The monoisotopic (exact) mass is 336 g/mol. The van der Waals surface area contributed by atoms with Crippen molar-refractivity contribution in [1.29, 1.82) is 0 Å². The molecule has 0 amide bonds. The molecule has 0 aliphatic heterocycles. The Balaban J connectivity index is 2.40. The number of phenols is 1. The van der Waals surface area contributed by atoms with Crippen molar-refractivity contribution >= 4 is 16.9 Å². The zero-order valence-corrected chi connectivity index (χ0v) is 12.8. The highest BCUT2D eigenvalue weighted by Gasteiger charge is 2.53. The van der Waals surface area contributed by atoms with Gasteiger partial charge < -0.3 is 29.6 Å². The molecule has 128 valence electrons. The molecule has 1 aromatic heterocycles. The van der Waals surface area contributed by atoms with Gasteiger partial charge in [0, 0.05) is 6.42 Å². The average molecular weight is 336 g/mol. The first-order chi connectivity index (χ1) is 11.3. The number of phenolic OH excluding ortho intramolecular Hbond substituents is 1. The van der Waals surface area contributed by atoms with E-state index in [4.69, 9.17) is 4.42 Å². The maximum Gasteiger partial charge on any atom is 0.345 e. The number of hydrogen-bond acceptors (Lipinski definition) is 8. The largest absolute Gasteiger partial charge is 0.507 e. The highest BCUT2D eigenvalue weighted by Crippen LogP contribution is 2.37. The van der Waals surface area contributed by atoms with E-state index in [0.717, 1.165) is 7.11 Å². The minimum atomic E-state index is -2.57. The smallest absolute Gasteiger partial charge is 0.345 e. The fourth-order valence-corrected chi connectivity index (χ4v) is 3.09. The molecule has 0 saturated carbocycles. The van der Waals surface area contributed by atoms with Crippen molar-refractivity contribution < 1.29 is 34.4 Å². The van der Waals surface area contributed by atoms with Crippen molar-refractivity contribution in [2.24, 2.45) is 0 Å². The Labute approximate surface area is 135 Å². The second-order valence-corrected chi connectivity index (χ2v) is 5.69. The fraction of sp³-hybridized carbons (Fsp3) is 0.375. The van der Waals surface area contributed by atoms with E-state index in [1.807, 2.05) is 0 Å². The molecule has 0 unspecified atom stereocenters. The molecule has 0 saturated heterocycles. The zero-order chi connectivity index (χ0) is 17.6. The van der Waals surface area contributed by atoms with Gasteiger partial charge in [0.1, 0.15) is 22.5 Å². The molecular formula is C16H16O8. The molecule has 3 rings (SSSR count). The minimum Gasteiger partial charge on any atom is -0.507 e. The van der Waals surface area contributed by atoms with Crippen LogP contribution in [-0.2, 0) is 28.2 Å². The number of methoxy groups -OCH3 is 1. The molecule has 0 bridgehead atoms. The first-order valence-electron chi connectivity index (χ1n) is 7.26. The summed E-state index contributed by atoms with van der Waals surface area (Å²) in [6, 6.07) is 2.57. The first-order valence-corrected chi connectivity index (χ1v) is 7.26. The Hall–Kier alpha value is -2.42. The van der Waals surface area contributed by atoms with E-state index in [1.54, 1.807) is 0 Å². The number of carbonyl (C=O) groups excluding carboxylic acids is 1. The Bertz CT molecular complexity index is 884. The number of rotatable bonds is 2. The molecule has 8 heteroatoms. The van der Waals surface area contributed by atoms with E-state index in [1.165, 1.54) is 12.1 Å². The Morgan fingerprint density at radius 2 is 2.17 bits per heavy atom. The molecule has 0 radical (unpaired) electrons. The van der Waals surface area contributed by atoms with Crippen LogP contribution in [0.2, 0.25) is 0 Å².